The molecule has 1 saturated heterocycles. The van der Waals surface area contributed by atoms with Crippen LogP contribution in [0.3, 0.4) is 0 Å². The first-order chi connectivity index (χ1) is 32.1. The second-order valence-electron chi connectivity index (χ2n) is 20.6. The molecule has 0 aliphatic carbocycles. The topological polar surface area (TPSA) is 224 Å². The van der Waals surface area contributed by atoms with Gasteiger partial charge in [0.05, 0.1) is 19.8 Å². The Kier molecular flexibility index (Phi) is 36.0. The van der Waals surface area contributed by atoms with Crippen LogP contribution < -0.4 is 10.6 Å². The van der Waals surface area contributed by atoms with Crippen LogP contribution in [0.25, 0.3) is 21.8 Å². The number of hydrogen-bond donors (Lipinski definition) is 4. The number of halogens is 1. The van der Waals surface area contributed by atoms with Gasteiger partial charge in [0, 0.05) is 83.3 Å². The summed E-state index contributed by atoms with van der Waals surface area (Å²) in [6, 6.07) is 12.9. The Bertz CT molecular complexity index is 2020. The maximum absolute atomic E-state index is 11.8. The number of amides is 2. The van der Waals surface area contributed by atoms with E-state index in [0.717, 1.165) is 41.4 Å². The molecule has 73 heavy (non-hydrogen) atoms. The highest BCUT2D eigenvalue weighted by Gasteiger charge is 2.26. The molecule has 0 spiro atoms. The summed E-state index contributed by atoms with van der Waals surface area (Å²) >= 11 is 0. The number of cyclic esters (lactones) is 1. The van der Waals surface area contributed by atoms with E-state index < -0.39 is 29.1 Å². The maximum atomic E-state index is 11.8. The molecule has 4 rings (SSSR count). The molecule has 1 fully saturated rings. The number of ether oxygens (including phenoxy) is 5. The van der Waals surface area contributed by atoms with Crippen molar-refractivity contribution in [1.82, 2.24) is 25.0 Å². The average Bonchev–Trinajstić information content (AvgIpc) is 3.77. The number of aliphatic hydroxyl groups is 2. The van der Waals surface area contributed by atoms with Crippen LogP contribution >= 0.6 is 12.4 Å². The Morgan fingerprint density at radius 1 is 0.671 bits per heavy atom. The first-order valence-corrected chi connectivity index (χ1v) is 24.0. The summed E-state index contributed by atoms with van der Waals surface area (Å²) in [6.07, 6.45) is -2.67. The number of carbonyl (C=O) groups is 6. The molecular weight excluding hydrogens is 962 g/mol. The highest BCUT2D eigenvalue weighted by atomic mass is 35.5. The van der Waals surface area contributed by atoms with Crippen LogP contribution in [0.15, 0.2) is 36.4 Å². The van der Waals surface area contributed by atoms with Crippen LogP contribution in [0.4, 0.5) is 19.2 Å². The van der Waals surface area contributed by atoms with Crippen LogP contribution in [0.1, 0.15) is 167 Å². The van der Waals surface area contributed by atoms with Crippen molar-refractivity contribution in [2.45, 2.75) is 194 Å². The molecule has 18 nitrogen and oxygen atoms in total. The number of aromatic nitrogens is 1. The van der Waals surface area contributed by atoms with Crippen molar-refractivity contribution >= 4 is 70.3 Å². The molecule has 1 aliphatic rings. The van der Waals surface area contributed by atoms with Gasteiger partial charge in [0.2, 0.25) is 0 Å². The lowest BCUT2D eigenvalue weighted by atomic mass is 10.0. The SMILES string of the molecule is C.C.CC(=O)c1ccc2c(c1)c1cc(C(C)=O)ccc1n2CCNC(C)C.CC(C)(C)OC(=O)OC(=O)OC(C)(C)C.CC(C)N(CCO)C(=O)OC(C)(C)C.CC(C)N1CCOC1=O.CC(C)NCCO.Cl. The number of rotatable bonds is 13. The summed E-state index contributed by atoms with van der Waals surface area (Å²) in [5.74, 6) is 0.0963. The van der Waals surface area contributed by atoms with E-state index in [9.17, 15) is 28.8 Å². The minimum Gasteiger partial charge on any atom is -0.448 e. The zero-order chi connectivity index (χ0) is 54.3. The minimum absolute atomic E-state index is 0. The molecule has 2 aromatic carbocycles. The smallest absolute Gasteiger partial charge is 0.448 e. The molecule has 0 saturated carbocycles. The fraction of sp³-hybridized carbons (Fsp3) is 0.667. The van der Waals surface area contributed by atoms with Crippen LogP contribution in [0.5, 0.6) is 0 Å². The molecule has 19 heteroatoms. The summed E-state index contributed by atoms with van der Waals surface area (Å²) in [7, 11) is 0. The number of benzene rings is 2. The van der Waals surface area contributed by atoms with Gasteiger partial charge < -0.3 is 58.9 Å². The average molecular weight is 1060 g/mol. The molecule has 422 valence electrons. The van der Waals surface area contributed by atoms with Crippen molar-refractivity contribution in [2.24, 2.45) is 0 Å². The van der Waals surface area contributed by atoms with E-state index in [1.165, 1.54) is 4.90 Å². The third kappa shape index (κ3) is 31.4. The number of nitrogens with zero attached hydrogens (tertiary/aromatic N) is 3. The minimum atomic E-state index is -1.06. The van der Waals surface area contributed by atoms with Gasteiger partial charge >= 0.3 is 24.5 Å². The van der Waals surface area contributed by atoms with E-state index in [4.69, 9.17) is 29.2 Å². The summed E-state index contributed by atoms with van der Waals surface area (Å²) < 4.78 is 26.0. The highest BCUT2D eigenvalue weighted by molar-refractivity contribution is 6.12. The van der Waals surface area contributed by atoms with Crippen molar-refractivity contribution in [3.8, 4) is 0 Å². The molecular formula is C54H96ClN5O13. The van der Waals surface area contributed by atoms with Crippen LogP contribution in [-0.4, -0.2) is 148 Å². The quantitative estimate of drug-likeness (QED) is 0.0541. The molecule has 3 aromatic rings. The maximum Gasteiger partial charge on any atom is 0.519 e. The third-order valence-corrected chi connectivity index (χ3v) is 9.18. The van der Waals surface area contributed by atoms with Gasteiger partial charge in [-0.15, -0.1) is 12.4 Å². The van der Waals surface area contributed by atoms with Gasteiger partial charge in [-0.2, -0.15) is 0 Å². The predicted molar refractivity (Wildman–Crippen MR) is 295 cm³/mol. The van der Waals surface area contributed by atoms with E-state index in [2.05, 4.69) is 47.6 Å². The zero-order valence-corrected chi connectivity index (χ0v) is 46.9. The van der Waals surface area contributed by atoms with Crippen molar-refractivity contribution in [2.75, 3.05) is 46.0 Å². The van der Waals surface area contributed by atoms with Gasteiger partial charge in [-0.1, -0.05) is 42.5 Å². The molecule has 2 amide bonds. The molecule has 0 unspecified atom stereocenters. The van der Waals surface area contributed by atoms with Crippen molar-refractivity contribution in [1.29, 1.82) is 0 Å². The fourth-order valence-corrected chi connectivity index (χ4v) is 6.07. The van der Waals surface area contributed by atoms with Crippen molar-refractivity contribution in [3.05, 3.63) is 47.5 Å². The Hall–Kier alpha value is -5.01. The summed E-state index contributed by atoms with van der Waals surface area (Å²) in [4.78, 5) is 71.1. The number of hydrogen-bond acceptors (Lipinski definition) is 15. The number of fused-ring (bicyclic) bond motifs is 3. The first-order valence-electron chi connectivity index (χ1n) is 24.0. The number of ketones is 2. The van der Waals surface area contributed by atoms with E-state index >= 15 is 0 Å². The van der Waals surface area contributed by atoms with E-state index in [1.54, 1.807) is 60.3 Å². The largest absolute Gasteiger partial charge is 0.519 e. The zero-order valence-electron chi connectivity index (χ0n) is 46.1. The summed E-state index contributed by atoms with van der Waals surface area (Å²) in [5, 5.41) is 25.6. The monoisotopic (exact) mass is 1060 g/mol. The van der Waals surface area contributed by atoms with Gasteiger partial charge in [-0.3, -0.25) is 9.59 Å². The lowest BCUT2D eigenvalue weighted by Gasteiger charge is -2.29. The number of carbonyl (C=O) groups excluding carboxylic acids is 6. The normalized spacial score (nSPS) is 12.0. The van der Waals surface area contributed by atoms with E-state index in [0.29, 0.717) is 42.9 Å². The highest BCUT2D eigenvalue weighted by Crippen LogP contribution is 2.31. The Balaban J connectivity index is -0.000000433. The second-order valence-corrected chi connectivity index (χ2v) is 20.6. The van der Waals surface area contributed by atoms with E-state index in [-0.39, 0.29) is 76.3 Å². The van der Waals surface area contributed by atoms with Gasteiger partial charge in [0.1, 0.15) is 23.4 Å². The molecule has 0 bridgehead atoms. The summed E-state index contributed by atoms with van der Waals surface area (Å²) in [6.45, 7) is 38.9. The fourth-order valence-electron chi connectivity index (χ4n) is 6.07. The second kappa shape index (κ2) is 35.2. The number of aliphatic hydroxyl groups excluding tert-OH is 2. The first kappa shape index (κ1) is 74.5. The Labute approximate surface area is 443 Å². The van der Waals surface area contributed by atoms with Crippen LogP contribution in [0, 0.1) is 0 Å². The van der Waals surface area contributed by atoms with Crippen molar-refractivity contribution < 1.29 is 62.7 Å². The predicted octanol–water partition coefficient (Wildman–Crippen LogP) is 11.2. The van der Waals surface area contributed by atoms with E-state index in [1.807, 2.05) is 84.9 Å². The standard InChI is InChI=1S/C21H24N2O2.C10H21NO3.C10H18O5.C6H11NO2.C5H13NO.2CH4.ClH/c1-13(2)22-9-10-23-20-7-5-16(14(3)24)11-18(20)19-12-17(15(4)25)6-8-21(19)23;1-8(2)11(6-7-12)9(13)14-10(3,4)5;1-9(2,3)14-7(11)13-8(12)15-10(4,5)6;1-5(2)7-3-4-9-6(7)8;1-5(2)6-3-4-7;;;/h5-8,11-13,22H,9-10H2,1-4H3;8,12H,6-7H2,1-5H3;1-6H3;5H,3-4H2,1-2H3;5-7H,3-4H2,1-2H3;2*1H4;1H. The molecule has 4 N–H and O–H groups in total. The van der Waals surface area contributed by atoms with Crippen molar-refractivity contribution in [3.63, 3.8) is 0 Å². The molecule has 1 aromatic heterocycles. The Morgan fingerprint density at radius 3 is 1.36 bits per heavy atom. The number of Topliss-reactive ketones (excluding diaryl/α,β-unsaturated/α-hetero) is 2. The lowest BCUT2D eigenvalue weighted by molar-refractivity contribution is -0.0294. The molecule has 0 atom stereocenters. The number of nitrogens with one attached hydrogen (secondary N) is 2. The van der Waals surface area contributed by atoms with Crippen LogP contribution in [0.2, 0.25) is 0 Å². The molecule has 2 heterocycles. The Morgan fingerprint density at radius 2 is 1.08 bits per heavy atom. The molecule has 0 radical (unpaired) electrons. The lowest BCUT2D eigenvalue weighted by Crippen LogP contribution is -2.42. The van der Waals surface area contributed by atoms with Crippen LogP contribution in [-0.2, 0) is 30.2 Å². The summed E-state index contributed by atoms with van der Waals surface area (Å²) in [5.41, 5.74) is 1.69. The van der Waals surface area contributed by atoms with Gasteiger partial charge in [-0.05, 0) is 140 Å². The van der Waals surface area contributed by atoms with Gasteiger partial charge in [0.25, 0.3) is 0 Å². The van der Waals surface area contributed by atoms with Gasteiger partial charge in [-0.25, -0.2) is 19.2 Å². The third-order valence-electron chi connectivity index (χ3n) is 9.18. The van der Waals surface area contributed by atoms with Gasteiger partial charge in [0.15, 0.2) is 11.6 Å². The molecule has 1 aliphatic heterocycles.